The molecular formula is C13H16F2N2O2. The molecule has 104 valence electrons. The van der Waals surface area contributed by atoms with Crippen molar-refractivity contribution in [2.75, 3.05) is 17.7 Å². The maximum Gasteiger partial charge on any atom is 0.224 e. The third kappa shape index (κ3) is 3.41. The molecule has 1 aliphatic heterocycles. The molecule has 19 heavy (non-hydrogen) atoms. The summed E-state index contributed by atoms with van der Waals surface area (Å²) in [4.78, 5) is 11.7. The SMILES string of the molecule is Nc1ccc(F)c(F)c1NC(=O)CCC1CCCO1. The fourth-order valence-electron chi connectivity index (χ4n) is 2.06. The normalized spacial score (nSPS) is 18.5. The predicted molar refractivity (Wildman–Crippen MR) is 67.6 cm³/mol. The average molecular weight is 270 g/mol. The second-order valence-corrected chi connectivity index (χ2v) is 4.55. The van der Waals surface area contributed by atoms with E-state index in [1.54, 1.807) is 0 Å². The summed E-state index contributed by atoms with van der Waals surface area (Å²) >= 11 is 0. The molecule has 0 radical (unpaired) electrons. The number of rotatable bonds is 4. The zero-order chi connectivity index (χ0) is 13.8. The number of nitrogens with one attached hydrogen (secondary N) is 1. The zero-order valence-electron chi connectivity index (χ0n) is 10.4. The maximum absolute atomic E-state index is 13.5. The molecule has 1 heterocycles. The summed E-state index contributed by atoms with van der Waals surface area (Å²) in [5, 5.41) is 2.31. The minimum atomic E-state index is -1.13. The van der Waals surface area contributed by atoms with Crippen molar-refractivity contribution in [3.63, 3.8) is 0 Å². The lowest BCUT2D eigenvalue weighted by molar-refractivity contribution is -0.116. The minimum Gasteiger partial charge on any atom is -0.397 e. The van der Waals surface area contributed by atoms with Crippen molar-refractivity contribution in [3.8, 4) is 0 Å². The van der Waals surface area contributed by atoms with E-state index >= 15 is 0 Å². The van der Waals surface area contributed by atoms with Crippen LogP contribution in [0.2, 0.25) is 0 Å². The van der Waals surface area contributed by atoms with Crippen LogP contribution in [0.5, 0.6) is 0 Å². The van der Waals surface area contributed by atoms with Crippen molar-refractivity contribution >= 4 is 17.3 Å². The number of anilines is 2. The van der Waals surface area contributed by atoms with E-state index in [-0.39, 0.29) is 23.9 Å². The first-order valence-corrected chi connectivity index (χ1v) is 6.23. The Labute approximate surface area is 109 Å². The second kappa shape index (κ2) is 5.97. The highest BCUT2D eigenvalue weighted by molar-refractivity contribution is 5.94. The molecule has 2 rings (SSSR count). The van der Waals surface area contributed by atoms with Crippen molar-refractivity contribution in [3.05, 3.63) is 23.8 Å². The number of halogens is 2. The van der Waals surface area contributed by atoms with Gasteiger partial charge in [-0.25, -0.2) is 8.78 Å². The first-order valence-electron chi connectivity index (χ1n) is 6.23. The number of carbonyl (C=O) groups excluding carboxylic acids is 1. The average Bonchev–Trinajstić information content (AvgIpc) is 2.90. The quantitative estimate of drug-likeness (QED) is 0.826. The van der Waals surface area contributed by atoms with Crippen LogP contribution in [0.1, 0.15) is 25.7 Å². The van der Waals surface area contributed by atoms with E-state index in [1.807, 2.05) is 0 Å². The number of nitrogen functional groups attached to an aromatic ring is 1. The summed E-state index contributed by atoms with van der Waals surface area (Å²) in [6, 6.07) is 2.14. The van der Waals surface area contributed by atoms with Crippen LogP contribution >= 0.6 is 0 Å². The fourth-order valence-corrected chi connectivity index (χ4v) is 2.06. The van der Waals surface area contributed by atoms with Crippen LogP contribution in [0, 0.1) is 11.6 Å². The van der Waals surface area contributed by atoms with E-state index in [0.717, 1.165) is 25.5 Å². The lowest BCUT2D eigenvalue weighted by atomic mass is 10.1. The highest BCUT2D eigenvalue weighted by Gasteiger charge is 2.18. The van der Waals surface area contributed by atoms with Gasteiger partial charge in [0.2, 0.25) is 5.91 Å². The third-order valence-corrected chi connectivity index (χ3v) is 3.11. The van der Waals surface area contributed by atoms with Crippen LogP contribution in [0.25, 0.3) is 0 Å². The Morgan fingerprint density at radius 2 is 2.26 bits per heavy atom. The Bertz CT molecular complexity index is 474. The van der Waals surface area contributed by atoms with Crippen molar-refractivity contribution in [2.45, 2.75) is 31.8 Å². The van der Waals surface area contributed by atoms with Crippen molar-refractivity contribution in [1.82, 2.24) is 0 Å². The number of nitrogens with two attached hydrogens (primary N) is 1. The molecule has 0 aromatic heterocycles. The van der Waals surface area contributed by atoms with Crippen molar-refractivity contribution in [1.29, 1.82) is 0 Å². The van der Waals surface area contributed by atoms with Crippen LogP contribution in [0.3, 0.4) is 0 Å². The lowest BCUT2D eigenvalue weighted by Crippen LogP contribution is -2.17. The van der Waals surface area contributed by atoms with Crippen LogP contribution < -0.4 is 11.1 Å². The number of hydrogen-bond donors (Lipinski definition) is 2. The van der Waals surface area contributed by atoms with Gasteiger partial charge in [-0.3, -0.25) is 4.79 Å². The highest BCUT2D eigenvalue weighted by atomic mass is 19.2. The van der Waals surface area contributed by atoms with Gasteiger partial charge in [0.15, 0.2) is 11.6 Å². The van der Waals surface area contributed by atoms with Gasteiger partial charge >= 0.3 is 0 Å². The fraction of sp³-hybridized carbons (Fsp3) is 0.462. The molecule has 4 nitrogen and oxygen atoms in total. The van der Waals surface area contributed by atoms with Gasteiger partial charge in [0.05, 0.1) is 11.8 Å². The number of hydrogen-bond acceptors (Lipinski definition) is 3. The first kappa shape index (κ1) is 13.7. The molecule has 1 aromatic carbocycles. The van der Waals surface area contributed by atoms with Gasteiger partial charge in [-0.1, -0.05) is 0 Å². The van der Waals surface area contributed by atoms with Gasteiger partial charge in [-0.15, -0.1) is 0 Å². The molecule has 1 amide bonds. The van der Waals surface area contributed by atoms with Crippen LogP contribution in [-0.4, -0.2) is 18.6 Å². The minimum absolute atomic E-state index is 0.00404. The third-order valence-electron chi connectivity index (χ3n) is 3.11. The Morgan fingerprint density at radius 1 is 1.47 bits per heavy atom. The van der Waals surface area contributed by atoms with E-state index in [0.29, 0.717) is 6.42 Å². The Hall–Kier alpha value is -1.69. The van der Waals surface area contributed by atoms with Gasteiger partial charge in [-0.05, 0) is 31.4 Å². The molecule has 0 aliphatic carbocycles. The van der Waals surface area contributed by atoms with Crippen LogP contribution in [0.15, 0.2) is 12.1 Å². The number of carbonyl (C=O) groups is 1. The topological polar surface area (TPSA) is 64.3 Å². The standard InChI is InChI=1S/C13H16F2N2O2/c14-9-4-5-10(16)13(12(9)15)17-11(18)6-3-8-2-1-7-19-8/h4-5,8H,1-3,6-7,16H2,(H,17,18). The molecular weight excluding hydrogens is 254 g/mol. The Kier molecular flexibility index (Phi) is 4.31. The molecule has 3 N–H and O–H groups in total. The van der Waals surface area contributed by atoms with E-state index in [2.05, 4.69) is 5.32 Å². The molecule has 1 aromatic rings. The lowest BCUT2D eigenvalue weighted by Gasteiger charge is -2.11. The maximum atomic E-state index is 13.5. The number of ether oxygens (including phenoxy) is 1. The smallest absolute Gasteiger partial charge is 0.224 e. The van der Waals surface area contributed by atoms with Crippen LogP contribution in [0.4, 0.5) is 20.2 Å². The Balaban J connectivity index is 1.93. The molecule has 0 saturated carbocycles. The molecule has 6 heteroatoms. The molecule has 0 spiro atoms. The predicted octanol–water partition coefficient (Wildman–Crippen LogP) is 2.44. The number of benzene rings is 1. The van der Waals surface area contributed by atoms with E-state index < -0.39 is 17.5 Å². The van der Waals surface area contributed by atoms with Gasteiger partial charge in [-0.2, -0.15) is 0 Å². The van der Waals surface area contributed by atoms with E-state index in [1.165, 1.54) is 6.07 Å². The van der Waals surface area contributed by atoms with E-state index in [4.69, 9.17) is 10.5 Å². The molecule has 1 fully saturated rings. The van der Waals surface area contributed by atoms with Crippen molar-refractivity contribution < 1.29 is 18.3 Å². The van der Waals surface area contributed by atoms with Crippen LogP contribution in [-0.2, 0) is 9.53 Å². The molecule has 1 unspecified atom stereocenters. The largest absolute Gasteiger partial charge is 0.397 e. The zero-order valence-corrected chi connectivity index (χ0v) is 10.4. The van der Waals surface area contributed by atoms with Crippen molar-refractivity contribution in [2.24, 2.45) is 0 Å². The summed E-state index contributed by atoms with van der Waals surface area (Å²) in [5.74, 6) is -2.57. The van der Waals surface area contributed by atoms with Gasteiger partial charge in [0.1, 0.15) is 5.69 Å². The van der Waals surface area contributed by atoms with E-state index in [9.17, 15) is 13.6 Å². The van der Waals surface area contributed by atoms with Gasteiger partial charge < -0.3 is 15.8 Å². The summed E-state index contributed by atoms with van der Waals surface area (Å²) in [7, 11) is 0. The van der Waals surface area contributed by atoms with Gasteiger partial charge in [0.25, 0.3) is 0 Å². The summed E-state index contributed by atoms with van der Waals surface area (Å²) < 4.78 is 31.9. The van der Waals surface area contributed by atoms with Gasteiger partial charge in [0, 0.05) is 13.0 Å². The summed E-state index contributed by atoms with van der Waals surface area (Å²) in [5.41, 5.74) is 5.22. The molecule has 1 aliphatic rings. The second-order valence-electron chi connectivity index (χ2n) is 4.55. The molecule has 1 saturated heterocycles. The molecule has 1 atom stereocenters. The molecule has 0 bridgehead atoms. The summed E-state index contributed by atoms with van der Waals surface area (Å²) in [6.07, 6.45) is 2.78. The first-order chi connectivity index (χ1) is 9.08. The Morgan fingerprint density at radius 3 is 2.95 bits per heavy atom. The number of amides is 1. The highest BCUT2D eigenvalue weighted by Crippen LogP contribution is 2.25. The summed E-state index contributed by atoms with van der Waals surface area (Å²) in [6.45, 7) is 0.720. The monoisotopic (exact) mass is 270 g/mol.